The summed E-state index contributed by atoms with van der Waals surface area (Å²) in [6, 6.07) is 8.63. The number of hydrogen-bond donors (Lipinski definition) is 2. The van der Waals surface area contributed by atoms with Crippen molar-refractivity contribution in [2.24, 2.45) is 0 Å². The largest absolute Gasteiger partial charge is 0.467 e. The number of ether oxygens (including phenoxy) is 1. The fourth-order valence-corrected chi connectivity index (χ4v) is 1.75. The quantitative estimate of drug-likeness (QED) is 0.747. The molecule has 0 aromatic heterocycles. The van der Waals surface area contributed by atoms with E-state index in [1.807, 2.05) is 37.3 Å². The number of amides is 1. The number of aliphatic hydroxyl groups is 1. The van der Waals surface area contributed by atoms with Gasteiger partial charge in [-0.1, -0.05) is 37.3 Å². The molecule has 1 aromatic carbocycles. The van der Waals surface area contributed by atoms with Crippen molar-refractivity contribution in [1.29, 1.82) is 0 Å². The van der Waals surface area contributed by atoms with Gasteiger partial charge in [-0.3, -0.25) is 4.79 Å². The zero-order chi connectivity index (χ0) is 14.3. The molecule has 0 aliphatic rings. The average Bonchev–Trinajstić information content (AvgIpc) is 2.44. The van der Waals surface area contributed by atoms with Gasteiger partial charge in [0.2, 0.25) is 5.91 Å². The van der Waals surface area contributed by atoms with Crippen molar-refractivity contribution in [3.8, 4) is 0 Å². The van der Waals surface area contributed by atoms with Crippen LogP contribution >= 0.6 is 0 Å². The molecule has 0 radical (unpaired) electrons. The van der Waals surface area contributed by atoms with Crippen LogP contribution < -0.4 is 5.32 Å². The summed E-state index contributed by atoms with van der Waals surface area (Å²) in [6.07, 6.45) is 0.248. The molecule has 0 heterocycles. The van der Waals surface area contributed by atoms with Crippen LogP contribution in [-0.4, -0.2) is 36.7 Å². The Morgan fingerprint density at radius 2 is 1.95 bits per heavy atom. The minimum absolute atomic E-state index is 0.0400. The van der Waals surface area contributed by atoms with E-state index in [0.717, 1.165) is 5.56 Å². The maximum Gasteiger partial charge on any atom is 0.330 e. The van der Waals surface area contributed by atoms with Gasteiger partial charge in [0.05, 0.1) is 13.7 Å². The van der Waals surface area contributed by atoms with Gasteiger partial charge in [0.15, 0.2) is 6.04 Å². The molecule has 0 saturated carbocycles. The van der Waals surface area contributed by atoms with E-state index in [9.17, 15) is 9.59 Å². The number of aliphatic hydroxyl groups excluding tert-OH is 1. The number of methoxy groups -OCH3 is 1. The van der Waals surface area contributed by atoms with Crippen LogP contribution in [0.15, 0.2) is 30.3 Å². The monoisotopic (exact) mass is 265 g/mol. The Bertz CT molecular complexity index is 419. The molecule has 104 valence electrons. The Labute approximate surface area is 112 Å². The lowest BCUT2D eigenvalue weighted by Gasteiger charge is -2.16. The minimum atomic E-state index is -1.000. The Morgan fingerprint density at radius 1 is 1.32 bits per heavy atom. The van der Waals surface area contributed by atoms with Crippen molar-refractivity contribution in [2.75, 3.05) is 13.7 Å². The number of esters is 1. The summed E-state index contributed by atoms with van der Waals surface area (Å²) in [6.45, 7) is 1.46. The highest BCUT2D eigenvalue weighted by atomic mass is 16.5. The summed E-state index contributed by atoms with van der Waals surface area (Å²) in [7, 11) is 1.21. The summed E-state index contributed by atoms with van der Waals surface area (Å²) in [5.74, 6) is -0.901. The highest BCUT2D eigenvalue weighted by Crippen LogP contribution is 2.18. The molecule has 0 aliphatic heterocycles. The van der Waals surface area contributed by atoms with Crippen LogP contribution in [0.5, 0.6) is 0 Å². The number of hydrogen-bond acceptors (Lipinski definition) is 4. The van der Waals surface area contributed by atoms with Gasteiger partial charge in [0.25, 0.3) is 0 Å². The van der Waals surface area contributed by atoms with E-state index in [2.05, 4.69) is 10.1 Å². The Hall–Kier alpha value is -1.88. The van der Waals surface area contributed by atoms with E-state index in [1.54, 1.807) is 0 Å². The first-order chi connectivity index (χ1) is 9.08. The van der Waals surface area contributed by atoms with Crippen LogP contribution in [0.3, 0.4) is 0 Å². The van der Waals surface area contributed by atoms with Gasteiger partial charge in [0, 0.05) is 6.42 Å². The third-order valence-electron chi connectivity index (χ3n) is 2.86. The molecule has 1 amide bonds. The molecule has 1 rings (SSSR count). The third kappa shape index (κ3) is 4.71. The summed E-state index contributed by atoms with van der Waals surface area (Å²) in [4.78, 5) is 23.0. The summed E-state index contributed by atoms with van der Waals surface area (Å²) >= 11 is 0. The highest BCUT2D eigenvalue weighted by Gasteiger charge is 2.21. The molecule has 2 atom stereocenters. The van der Waals surface area contributed by atoms with Crippen molar-refractivity contribution >= 4 is 11.9 Å². The highest BCUT2D eigenvalue weighted by molar-refractivity contribution is 5.84. The summed E-state index contributed by atoms with van der Waals surface area (Å²) in [5, 5.41) is 11.5. The van der Waals surface area contributed by atoms with Crippen LogP contribution in [0.2, 0.25) is 0 Å². The van der Waals surface area contributed by atoms with Crippen molar-refractivity contribution in [2.45, 2.75) is 25.3 Å². The van der Waals surface area contributed by atoms with Crippen LogP contribution in [0, 0.1) is 0 Å². The first-order valence-electron chi connectivity index (χ1n) is 6.11. The fraction of sp³-hybridized carbons (Fsp3) is 0.429. The van der Waals surface area contributed by atoms with Gasteiger partial charge in [-0.2, -0.15) is 0 Å². The van der Waals surface area contributed by atoms with E-state index in [4.69, 9.17) is 5.11 Å². The van der Waals surface area contributed by atoms with E-state index in [0.29, 0.717) is 0 Å². The van der Waals surface area contributed by atoms with Gasteiger partial charge in [-0.05, 0) is 11.5 Å². The average molecular weight is 265 g/mol. The lowest BCUT2D eigenvalue weighted by atomic mass is 9.97. The summed E-state index contributed by atoms with van der Waals surface area (Å²) < 4.78 is 4.48. The molecule has 2 N–H and O–H groups in total. The molecule has 0 bridgehead atoms. The number of benzene rings is 1. The number of carbonyl (C=O) groups is 2. The second kappa shape index (κ2) is 7.53. The van der Waals surface area contributed by atoms with Crippen LogP contribution in [0.25, 0.3) is 0 Å². The Kier molecular flexibility index (Phi) is 6.02. The lowest BCUT2D eigenvalue weighted by molar-refractivity contribution is -0.146. The fourth-order valence-electron chi connectivity index (χ4n) is 1.75. The molecule has 5 heteroatoms. The second-order valence-electron chi connectivity index (χ2n) is 4.34. The topological polar surface area (TPSA) is 75.6 Å². The van der Waals surface area contributed by atoms with Gasteiger partial charge >= 0.3 is 5.97 Å². The molecule has 0 spiro atoms. The van der Waals surface area contributed by atoms with Crippen molar-refractivity contribution in [3.05, 3.63) is 35.9 Å². The number of rotatable bonds is 6. The summed E-state index contributed by atoms with van der Waals surface area (Å²) in [5.41, 5.74) is 1.05. The molecule has 5 nitrogen and oxygen atoms in total. The number of carbonyl (C=O) groups excluding carboxylic acids is 2. The van der Waals surface area contributed by atoms with E-state index in [1.165, 1.54) is 7.11 Å². The zero-order valence-corrected chi connectivity index (χ0v) is 11.1. The number of nitrogens with one attached hydrogen (secondary N) is 1. The van der Waals surface area contributed by atoms with Crippen LogP contribution in [-0.2, 0) is 14.3 Å². The minimum Gasteiger partial charge on any atom is -0.467 e. The first-order valence-corrected chi connectivity index (χ1v) is 6.11. The third-order valence-corrected chi connectivity index (χ3v) is 2.86. The molecular formula is C14H19NO4. The second-order valence-corrected chi connectivity index (χ2v) is 4.34. The Morgan fingerprint density at radius 3 is 2.47 bits per heavy atom. The van der Waals surface area contributed by atoms with Gasteiger partial charge in [0.1, 0.15) is 0 Å². The molecule has 0 fully saturated rings. The maximum atomic E-state index is 11.8. The van der Waals surface area contributed by atoms with Gasteiger partial charge in [-0.25, -0.2) is 4.79 Å². The van der Waals surface area contributed by atoms with Crippen molar-refractivity contribution in [3.63, 3.8) is 0 Å². The van der Waals surface area contributed by atoms with E-state index >= 15 is 0 Å². The van der Waals surface area contributed by atoms with Gasteiger partial charge < -0.3 is 15.2 Å². The smallest absolute Gasteiger partial charge is 0.330 e. The predicted molar refractivity (Wildman–Crippen MR) is 70.5 cm³/mol. The normalized spacial score (nSPS) is 13.4. The SMILES string of the molecule is COC(=O)C(CO)NC(=O)CC(C)c1ccccc1. The van der Waals surface area contributed by atoms with Gasteiger partial charge in [-0.15, -0.1) is 0 Å². The van der Waals surface area contributed by atoms with Crippen LogP contribution in [0.4, 0.5) is 0 Å². The van der Waals surface area contributed by atoms with E-state index < -0.39 is 18.6 Å². The molecule has 19 heavy (non-hydrogen) atoms. The Balaban J connectivity index is 2.53. The molecule has 1 aromatic rings. The zero-order valence-electron chi connectivity index (χ0n) is 11.1. The van der Waals surface area contributed by atoms with Crippen molar-refractivity contribution < 1.29 is 19.4 Å². The van der Waals surface area contributed by atoms with E-state index in [-0.39, 0.29) is 18.2 Å². The van der Waals surface area contributed by atoms with Crippen LogP contribution in [0.1, 0.15) is 24.8 Å². The first kappa shape index (κ1) is 15.2. The predicted octanol–water partition coefficient (Wildman–Crippen LogP) is 0.830. The standard InChI is InChI=1S/C14H19NO4/c1-10(11-6-4-3-5-7-11)8-13(17)15-12(9-16)14(18)19-2/h3-7,10,12,16H,8-9H2,1-2H3,(H,15,17). The molecule has 0 saturated heterocycles. The molecule has 2 unspecified atom stereocenters. The lowest BCUT2D eigenvalue weighted by Crippen LogP contribution is -2.44. The molecule has 0 aliphatic carbocycles. The van der Waals surface area contributed by atoms with Crippen molar-refractivity contribution in [1.82, 2.24) is 5.32 Å². The molecular weight excluding hydrogens is 246 g/mol. The maximum absolute atomic E-state index is 11.8.